The molecule has 2 atom stereocenters. The molecule has 138 valence electrons. The Kier molecular flexibility index (Phi) is 8.50. The summed E-state index contributed by atoms with van der Waals surface area (Å²) in [4.78, 5) is 37.0. The number of carbonyl (C=O) groups excluding carboxylic acids is 3. The molecule has 7 nitrogen and oxygen atoms in total. The summed E-state index contributed by atoms with van der Waals surface area (Å²) in [5.41, 5.74) is -2.40. The number of alkyl carbamates (subject to hydrolysis) is 1. The van der Waals surface area contributed by atoms with Crippen molar-refractivity contribution in [2.24, 2.45) is 5.92 Å². The minimum Gasteiger partial charge on any atom is -0.469 e. The smallest absolute Gasteiger partial charge is 0.408 e. The predicted molar refractivity (Wildman–Crippen MR) is 89.3 cm³/mol. The lowest BCUT2D eigenvalue weighted by Crippen LogP contribution is -2.62. The highest BCUT2D eigenvalue weighted by atomic mass is 16.6. The first-order valence-corrected chi connectivity index (χ1v) is 7.86. The standard InChI is InChI=1S/C17H29NO6/c1-8-10-12(13(19)22-6)17(11-9-2,14(20)23-7)18-15(21)24-16(3,4)5/h9,12H,2,8,10-11H2,1,3-7H3,(H,18,21). The molecule has 0 aromatic carbocycles. The highest BCUT2D eigenvalue weighted by Gasteiger charge is 2.51. The fourth-order valence-electron chi connectivity index (χ4n) is 2.45. The first-order valence-electron chi connectivity index (χ1n) is 7.86. The van der Waals surface area contributed by atoms with Gasteiger partial charge in [-0.3, -0.25) is 4.79 Å². The summed E-state index contributed by atoms with van der Waals surface area (Å²) in [5.74, 6) is -2.29. The molecule has 0 radical (unpaired) electrons. The van der Waals surface area contributed by atoms with Crippen LogP contribution >= 0.6 is 0 Å². The zero-order valence-electron chi connectivity index (χ0n) is 15.4. The number of rotatable bonds is 8. The van der Waals surface area contributed by atoms with E-state index < -0.39 is 35.1 Å². The molecule has 1 amide bonds. The van der Waals surface area contributed by atoms with E-state index in [-0.39, 0.29) is 6.42 Å². The number of carbonyl (C=O) groups is 3. The third-order valence-electron chi connectivity index (χ3n) is 3.40. The number of amides is 1. The van der Waals surface area contributed by atoms with Crippen LogP contribution in [0.3, 0.4) is 0 Å². The molecule has 2 unspecified atom stereocenters. The lowest BCUT2D eigenvalue weighted by molar-refractivity contribution is -0.161. The van der Waals surface area contributed by atoms with E-state index in [2.05, 4.69) is 11.9 Å². The van der Waals surface area contributed by atoms with Crippen LogP contribution in [0.25, 0.3) is 0 Å². The molecular formula is C17H29NO6. The van der Waals surface area contributed by atoms with Crippen molar-refractivity contribution < 1.29 is 28.6 Å². The van der Waals surface area contributed by atoms with E-state index in [1.165, 1.54) is 20.3 Å². The van der Waals surface area contributed by atoms with Gasteiger partial charge in [0.1, 0.15) is 5.60 Å². The highest BCUT2D eigenvalue weighted by molar-refractivity contribution is 5.92. The number of methoxy groups -OCH3 is 2. The molecule has 0 rings (SSSR count). The van der Waals surface area contributed by atoms with Gasteiger partial charge in [0.05, 0.1) is 20.1 Å². The second kappa shape index (κ2) is 9.30. The van der Waals surface area contributed by atoms with Gasteiger partial charge >= 0.3 is 18.0 Å². The summed E-state index contributed by atoms with van der Waals surface area (Å²) < 4.78 is 14.9. The Balaban J connectivity index is 5.93. The van der Waals surface area contributed by atoms with E-state index in [0.29, 0.717) is 12.8 Å². The topological polar surface area (TPSA) is 90.9 Å². The number of ether oxygens (including phenoxy) is 3. The van der Waals surface area contributed by atoms with Crippen LogP contribution in [0.2, 0.25) is 0 Å². The van der Waals surface area contributed by atoms with Crippen molar-refractivity contribution in [2.75, 3.05) is 14.2 Å². The average Bonchev–Trinajstić information content (AvgIpc) is 2.48. The molecule has 0 fully saturated rings. The lowest BCUT2D eigenvalue weighted by atomic mass is 9.78. The second-order valence-corrected chi connectivity index (χ2v) is 6.45. The predicted octanol–water partition coefficient (Wildman–Crippen LogP) is 2.59. The Labute approximate surface area is 143 Å². The van der Waals surface area contributed by atoms with Gasteiger partial charge in [-0.25, -0.2) is 9.59 Å². The SMILES string of the molecule is C=CCC(NC(=O)OC(C)(C)C)(C(=O)OC)C(CCC)C(=O)OC. The number of nitrogens with one attached hydrogen (secondary N) is 1. The molecule has 0 aromatic heterocycles. The normalized spacial score (nSPS) is 14.8. The molecule has 0 saturated heterocycles. The summed E-state index contributed by atoms with van der Waals surface area (Å²) in [7, 11) is 2.42. The van der Waals surface area contributed by atoms with Crippen molar-refractivity contribution in [3.63, 3.8) is 0 Å². The van der Waals surface area contributed by atoms with Crippen molar-refractivity contribution in [1.82, 2.24) is 5.32 Å². The average molecular weight is 343 g/mol. The zero-order valence-corrected chi connectivity index (χ0v) is 15.4. The summed E-state index contributed by atoms with van der Waals surface area (Å²) >= 11 is 0. The van der Waals surface area contributed by atoms with E-state index in [4.69, 9.17) is 14.2 Å². The molecule has 0 saturated carbocycles. The number of hydrogen-bond acceptors (Lipinski definition) is 6. The second-order valence-electron chi connectivity index (χ2n) is 6.45. The van der Waals surface area contributed by atoms with Gasteiger partial charge in [-0.05, 0) is 33.6 Å². The third-order valence-corrected chi connectivity index (χ3v) is 3.40. The van der Waals surface area contributed by atoms with Crippen molar-refractivity contribution in [1.29, 1.82) is 0 Å². The Hall–Kier alpha value is -2.05. The van der Waals surface area contributed by atoms with Gasteiger partial charge in [-0.2, -0.15) is 0 Å². The van der Waals surface area contributed by atoms with Crippen LogP contribution in [-0.2, 0) is 23.8 Å². The molecule has 0 aromatic rings. The van der Waals surface area contributed by atoms with E-state index in [0.717, 1.165) is 0 Å². The van der Waals surface area contributed by atoms with Crippen LogP contribution in [-0.4, -0.2) is 43.4 Å². The fraction of sp³-hybridized carbons (Fsp3) is 0.706. The molecule has 0 heterocycles. The summed E-state index contributed by atoms with van der Waals surface area (Å²) in [6.45, 7) is 10.6. The van der Waals surface area contributed by atoms with Crippen LogP contribution in [0.4, 0.5) is 4.79 Å². The zero-order chi connectivity index (χ0) is 19.0. The molecular weight excluding hydrogens is 314 g/mol. The molecule has 0 spiro atoms. The molecule has 0 aliphatic heterocycles. The minimum atomic E-state index is -1.64. The lowest BCUT2D eigenvalue weighted by Gasteiger charge is -2.37. The van der Waals surface area contributed by atoms with Crippen LogP contribution < -0.4 is 5.32 Å². The Morgan fingerprint density at radius 2 is 1.75 bits per heavy atom. The summed E-state index contributed by atoms with van der Waals surface area (Å²) in [5, 5.41) is 2.53. The molecule has 7 heteroatoms. The van der Waals surface area contributed by atoms with Gasteiger partial charge in [0.25, 0.3) is 0 Å². The first-order chi connectivity index (χ1) is 11.1. The molecule has 0 aliphatic rings. The van der Waals surface area contributed by atoms with Crippen LogP contribution in [0.1, 0.15) is 47.0 Å². The monoisotopic (exact) mass is 343 g/mol. The van der Waals surface area contributed by atoms with E-state index >= 15 is 0 Å². The van der Waals surface area contributed by atoms with Gasteiger partial charge in [-0.1, -0.05) is 19.4 Å². The van der Waals surface area contributed by atoms with Gasteiger partial charge in [-0.15, -0.1) is 6.58 Å². The molecule has 0 aliphatic carbocycles. The maximum atomic E-state index is 12.5. The first kappa shape index (κ1) is 21.9. The van der Waals surface area contributed by atoms with Crippen LogP contribution in [0.15, 0.2) is 12.7 Å². The maximum Gasteiger partial charge on any atom is 0.408 e. The molecule has 1 N–H and O–H groups in total. The summed E-state index contributed by atoms with van der Waals surface area (Å²) in [6.07, 6.45) is 1.55. The van der Waals surface area contributed by atoms with Crippen LogP contribution in [0.5, 0.6) is 0 Å². The van der Waals surface area contributed by atoms with Crippen LogP contribution in [0, 0.1) is 5.92 Å². The van der Waals surface area contributed by atoms with Crippen molar-refractivity contribution in [3.05, 3.63) is 12.7 Å². The van der Waals surface area contributed by atoms with Gasteiger partial charge in [0.2, 0.25) is 0 Å². The molecule has 0 bridgehead atoms. The van der Waals surface area contributed by atoms with Crippen molar-refractivity contribution in [3.8, 4) is 0 Å². The van der Waals surface area contributed by atoms with E-state index in [1.54, 1.807) is 20.8 Å². The third kappa shape index (κ3) is 5.86. The van der Waals surface area contributed by atoms with Gasteiger partial charge in [0.15, 0.2) is 5.54 Å². The summed E-state index contributed by atoms with van der Waals surface area (Å²) in [6, 6.07) is 0. The minimum absolute atomic E-state index is 0.00131. The van der Waals surface area contributed by atoms with Crippen molar-refractivity contribution >= 4 is 18.0 Å². The number of hydrogen-bond donors (Lipinski definition) is 1. The number of esters is 2. The van der Waals surface area contributed by atoms with Gasteiger partial charge in [0, 0.05) is 0 Å². The van der Waals surface area contributed by atoms with E-state index in [9.17, 15) is 14.4 Å². The van der Waals surface area contributed by atoms with Gasteiger partial charge < -0.3 is 19.5 Å². The maximum absolute atomic E-state index is 12.5. The Morgan fingerprint density at radius 1 is 1.17 bits per heavy atom. The quantitative estimate of drug-likeness (QED) is 0.414. The Bertz CT molecular complexity index is 468. The highest BCUT2D eigenvalue weighted by Crippen LogP contribution is 2.30. The largest absolute Gasteiger partial charge is 0.469 e. The van der Waals surface area contributed by atoms with Crippen molar-refractivity contribution in [2.45, 2.75) is 58.1 Å². The van der Waals surface area contributed by atoms with E-state index in [1.807, 2.05) is 6.92 Å². The Morgan fingerprint density at radius 3 is 2.12 bits per heavy atom. The molecule has 24 heavy (non-hydrogen) atoms. The fourth-order valence-corrected chi connectivity index (χ4v) is 2.45.